The Bertz CT molecular complexity index is 528. The van der Waals surface area contributed by atoms with Gasteiger partial charge in [0.25, 0.3) is 5.56 Å². The number of hydrogen-bond donors (Lipinski definition) is 2. The molecule has 0 fully saturated rings. The average molecular weight is 189 g/mol. The Morgan fingerprint density at radius 1 is 1.43 bits per heavy atom. The molecule has 0 aliphatic carbocycles. The first-order chi connectivity index (χ1) is 6.72. The van der Waals surface area contributed by atoms with E-state index in [1.165, 1.54) is 0 Å². The third-order valence-electron chi connectivity index (χ3n) is 2.34. The Labute approximate surface area is 81.0 Å². The van der Waals surface area contributed by atoms with Crippen molar-refractivity contribution in [3.05, 3.63) is 45.7 Å². The van der Waals surface area contributed by atoms with Gasteiger partial charge in [-0.05, 0) is 23.9 Å². The van der Waals surface area contributed by atoms with E-state index >= 15 is 0 Å². The van der Waals surface area contributed by atoms with Crippen molar-refractivity contribution in [2.45, 2.75) is 13.5 Å². The molecule has 1 aromatic carbocycles. The summed E-state index contributed by atoms with van der Waals surface area (Å²) in [5, 5.41) is 9.88. The van der Waals surface area contributed by atoms with Crippen LogP contribution in [-0.4, -0.2) is 10.1 Å². The molecule has 72 valence electrons. The van der Waals surface area contributed by atoms with Gasteiger partial charge >= 0.3 is 0 Å². The molecule has 0 aliphatic rings. The Hall–Kier alpha value is -1.61. The van der Waals surface area contributed by atoms with Gasteiger partial charge in [0.05, 0.1) is 12.1 Å². The molecule has 3 nitrogen and oxygen atoms in total. The van der Waals surface area contributed by atoms with Gasteiger partial charge in [0.2, 0.25) is 0 Å². The Morgan fingerprint density at radius 3 is 2.93 bits per heavy atom. The molecule has 0 amide bonds. The number of aromatic amines is 1. The molecule has 0 spiro atoms. The van der Waals surface area contributed by atoms with Gasteiger partial charge in [-0.25, -0.2) is 0 Å². The van der Waals surface area contributed by atoms with Crippen LogP contribution in [0.4, 0.5) is 0 Å². The van der Waals surface area contributed by atoms with Crippen LogP contribution in [0, 0.1) is 6.92 Å². The summed E-state index contributed by atoms with van der Waals surface area (Å²) in [4.78, 5) is 14.2. The fourth-order valence-corrected chi connectivity index (χ4v) is 1.55. The molecular formula is C11H11NO2. The van der Waals surface area contributed by atoms with E-state index in [9.17, 15) is 4.79 Å². The number of H-pyrrole nitrogens is 1. The molecule has 0 radical (unpaired) electrons. The highest BCUT2D eigenvalue weighted by Gasteiger charge is 2.02. The topological polar surface area (TPSA) is 53.1 Å². The first-order valence-electron chi connectivity index (χ1n) is 4.45. The third kappa shape index (κ3) is 1.32. The van der Waals surface area contributed by atoms with Gasteiger partial charge in [-0.2, -0.15) is 0 Å². The van der Waals surface area contributed by atoms with Gasteiger partial charge in [0, 0.05) is 5.56 Å². The van der Waals surface area contributed by atoms with Crippen molar-refractivity contribution in [1.29, 1.82) is 0 Å². The fourth-order valence-electron chi connectivity index (χ4n) is 1.55. The number of para-hydroxylation sites is 1. The van der Waals surface area contributed by atoms with Crippen LogP contribution in [0.5, 0.6) is 0 Å². The van der Waals surface area contributed by atoms with Crippen molar-refractivity contribution in [2.24, 2.45) is 0 Å². The lowest BCUT2D eigenvalue weighted by atomic mass is 10.1. The summed E-state index contributed by atoms with van der Waals surface area (Å²) in [5.74, 6) is 0. The maximum absolute atomic E-state index is 11.4. The van der Waals surface area contributed by atoms with Crippen molar-refractivity contribution in [3.63, 3.8) is 0 Å². The minimum Gasteiger partial charge on any atom is -0.391 e. The van der Waals surface area contributed by atoms with Gasteiger partial charge < -0.3 is 10.1 Å². The van der Waals surface area contributed by atoms with Crippen LogP contribution in [0.1, 0.15) is 11.1 Å². The number of nitrogens with one attached hydrogen (secondary N) is 1. The number of aliphatic hydroxyl groups is 1. The number of hydrogen-bond acceptors (Lipinski definition) is 2. The summed E-state index contributed by atoms with van der Waals surface area (Å²) in [5.41, 5.74) is 2.07. The van der Waals surface area contributed by atoms with Crippen molar-refractivity contribution in [3.8, 4) is 0 Å². The number of aryl methyl sites for hydroxylation is 1. The predicted molar refractivity (Wildman–Crippen MR) is 55.2 cm³/mol. The normalized spacial score (nSPS) is 10.7. The highest BCUT2D eigenvalue weighted by Crippen LogP contribution is 2.14. The van der Waals surface area contributed by atoms with E-state index in [1.54, 1.807) is 6.07 Å². The number of benzene rings is 1. The standard InChI is InChI=1S/C11H11NO2/c1-7-3-2-4-8-5-9(6-13)11(14)12-10(7)8/h2-5,13H,6H2,1H3,(H,12,14). The van der Waals surface area contributed by atoms with E-state index in [2.05, 4.69) is 4.98 Å². The molecule has 0 bridgehead atoms. The van der Waals surface area contributed by atoms with Gasteiger partial charge in [-0.1, -0.05) is 18.2 Å². The lowest BCUT2D eigenvalue weighted by Crippen LogP contribution is -2.12. The van der Waals surface area contributed by atoms with Crippen LogP contribution in [0.25, 0.3) is 10.9 Å². The van der Waals surface area contributed by atoms with Crippen LogP contribution in [0.15, 0.2) is 29.1 Å². The molecule has 0 saturated carbocycles. The zero-order valence-electron chi connectivity index (χ0n) is 7.87. The quantitative estimate of drug-likeness (QED) is 0.711. The van der Waals surface area contributed by atoms with Crippen LogP contribution < -0.4 is 5.56 Å². The number of fused-ring (bicyclic) bond motifs is 1. The summed E-state index contributed by atoms with van der Waals surface area (Å²) >= 11 is 0. The number of rotatable bonds is 1. The summed E-state index contributed by atoms with van der Waals surface area (Å²) in [6.45, 7) is 1.72. The van der Waals surface area contributed by atoms with Gasteiger partial charge in [0.1, 0.15) is 0 Å². The minimum absolute atomic E-state index is 0.214. The third-order valence-corrected chi connectivity index (χ3v) is 2.34. The van der Waals surface area contributed by atoms with Crippen molar-refractivity contribution in [1.82, 2.24) is 4.98 Å². The summed E-state index contributed by atoms with van der Waals surface area (Å²) in [6.07, 6.45) is 0. The van der Waals surface area contributed by atoms with Gasteiger partial charge in [0.15, 0.2) is 0 Å². The van der Waals surface area contributed by atoms with Crippen LogP contribution in [0.3, 0.4) is 0 Å². The second kappa shape index (κ2) is 3.27. The molecule has 2 aromatic rings. The summed E-state index contributed by atoms with van der Waals surface area (Å²) in [6, 6.07) is 7.51. The Morgan fingerprint density at radius 2 is 2.21 bits per heavy atom. The molecule has 3 heteroatoms. The average Bonchev–Trinajstić information content (AvgIpc) is 2.19. The first kappa shape index (κ1) is 8.97. The molecular weight excluding hydrogens is 178 g/mol. The minimum atomic E-state index is -0.223. The van der Waals surface area contributed by atoms with E-state index in [4.69, 9.17) is 5.11 Å². The van der Waals surface area contributed by atoms with Gasteiger partial charge in [-0.15, -0.1) is 0 Å². The maximum Gasteiger partial charge on any atom is 0.253 e. The Balaban J connectivity index is 2.86. The molecule has 0 saturated heterocycles. The van der Waals surface area contributed by atoms with E-state index in [0.717, 1.165) is 16.5 Å². The second-order valence-corrected chi connectivity index (χ2v) is 3.32. The lowest BCUT2D eigenvalue weighted by Gasteiger charge is -2.02. The zero-order chi connectivity index (χ0) is 10.1. The van der Waals surface area contributed by atoms with E-state index < -0.39 is 0 Å². The van der Waals surface area contributed by atoms with Crippen LogP contribution in [-0.2, 0) is 6.61 Å². The van der Waals surface area contributed by atoms with Crippen LogP contribution in [0.2, 0.25) is 0 Å². The Kier molecular flexibility index (Phi) is 2.09. The monoisotopic (exact) mass is 189 g/mol. The highest BCUT2D eigenvalue weighted by molar-refractivity contribution is 5.81. The van der Waals surface area contributed by atoms with E-state index in [1.807, 2.05) is 25.1 Å². The van der Waals surface area contributed by atoms with E-state index in [0.29, 0.717) is 5.56 Å². The van der Waals surface area contributed by atoms with Gasteiger partial charge in [-0.3, -0.25) is 4.79 Å². The fraction of sp³-hybridized carbons (Fsp3) is 0.182. The number of pyridine rings is 1. The lowest BCUT2D eigenvalue weighted by molar-refractivity contribution is 0.280. The SMILES string of the molecule is Cc1cccc2cc(CO)c(=O)[nH]c12. The number of aromatic nitrogens is 1. The summed E-state index contributed by atoms with van der Waals surface area (Å²) in [7, 11) is 0. The van der Waals surface area contributed by atoms with Crippen molar-refractivity contribution < 1.29 is 5.11 Å². The molecule has 2 N–H and O–H groups in total. The molecule has 0 aliphatic heterocycles. The number of aliphatic hydroxyl groups excluding tert-OH is 1. The predicted octanol–water partition coefficient (Wildman–Crippen LogP) is 1.33. The molecule has 1 heterocycles. The summed E-state index contributed by atoms with van der Waals surface area (Å²) < 4.78 is 0. The first-order valence-corrected chi connectivity index (χ1v) is 4.45. The van der Waals surface area contributed by atoms with Crippen LogP contribution >= 0.6 is 0 Å². The largest absolute Gasteiger partial charge is 0.391 e. The molecule has 1 aromatic heterocycles. The second-order valence-electron chi connectivity index (χ2n) is 3.32. The zero-order valence-corrected chi connectivity index (χ0v) is 7.87. The molecule has 14 heavy (non-hydrogen) atoms. The molecule has 0 atom stereocenters. The maximum atomic E-state index is 11.4. The smallest absolute Gasteiger partial charge is 0.253 e. The van der Waals surface area contributed by atoms with E-state index in [-0.39, 0.29) is 12.2 Å². The van der Waals surface area contributed by atoms with Crippen molar-refractivity contribution in [2.75, 3.05) is 0 Å². The molecule has 2 rings (SSSR count). The highest BCUT2D eigenvalue weighted by atomic mass is 16.3. The molecule has 0 unspecified atom stereocenters. The van der Waals surface area contributed by atoms with Crippen molar-refractivity contribution >= 4 is 10.9 Å².